The summed E-state index contributed by atoms with van der Waals surface area (Å²) >= 11 is 0. The highest BCUT2D eigenvalue weighted by atomic mass is 19.4. The molecule has 1 heterocycles. The molecule has 92 valence electrons. The van der Waals surface area contributed by atoms with Crippen LogP contribution < -0.4 is 0 Å². The van der Waals surface area contributed by atoms with E-state index in [1.807, 2.05) is 0 Å². The van der Waals surface area contributed by atoms with E-state index in [2.05, 4.69) is 0 Å². The molecule has 0 fully saturated rings. The van der Waals surface area contributed by atoms with Crippen molar-refractivity contribution in [2.45, 2.75) is 12.6 Å². The number of aromatic nitrogens is 1. The molecule has 0 unspecified atom stereocenters. The van der Waals surface area contributed by atoms with E-state index >= 15 is 0 Å². The normalized spacial score (nSPS) is 12.3. The van der Waals surface area contributed by atoms with Crippen molar-refractivity contribution < 1.29 is 18.3 Å². The molecule has 0 amide bonds. The first-order valence-corrected chi connectivity index (χ1v) is 5.20. The van der Waals surface area contributed by atoms with Gasteiger partial charge in [0, 0.05) is 30.8 Å². The van der Waals surface area contributed by atoms with Gasteiger partial charge < -0.3 is 9.67 Å². The topological polar surface area (TPSA) is 25.2 Å². The van der Waals surface area contributed by atoms with Gasteiger partial charge in [-0.15, -0.1) is 0 Å². The smallest absolute Gasteiger partial charge is 0.396 e. The van der Waals surface area contributed by atoms with Gasteiger partial charge in [0.25, 0.3) is 0 Å². The van der Waals surface area contributed by atoms with Crippen LogP contribution in [0.3, 0.4) is 0 Å². The maximum absolute atomic E-state index is 12.9. The van der Waals surface area contributed by atoms with Crippen LogP contribution in [-0.4, -0.2) is 16.3 Å². The zero-order valence-corrected chi connectivity index (χ0v) is 9.25. The van der Waals surface area contributed by atoms with Crippen molar-refractivity contribution in [3.8, 4) is 0 Å². The largest absolute Gasteiger partial charge is 0.417 e. The van der Waals surface area contributed by atoms with Crippen LogP contribution in [0.4, 0.5) is 13.2 Å². The number of rotatable bonds is 2. The van der Waals surface area contributed by atoms with Crippen LogP contribution >= 0.6 is 0 Å². The minimum Gasteiger partial charge on any atom is -0.396 e. The minimum atomic E-state index is -4.37. The number of benzene rings is 1. The Morgan fingerprint density at radius 2 is 2.00 bits per heavy atom. The van der Waals surface area contributed by atoms with Crippen molar-refractivity contribution in [1.29, 1.82) is 0 Å². The number of hydrogen-bond donors (Lipinski definition) is 1. The highest BCUT2D eigenvalue weighted by Crippen LogP contribution is 2.36. The van der Waals surface area contributed by atoms with Crippen molar-refractivity contribution in [2.24, 2.45) is 7.05 Å². The van der Waals surface area contributed by atoms with Gasteiger partial charge in [-0.25, -0.2) is 0 Å². The molecule has 1 aromatic carbocycles. The first-order valence-electron chi connectivity index (χ1n) is 5.20. The molecule has 0 aliphatic heterocycles. The van der Waals surface area contributed by atoms with Crippen LogP contribution in [0.15, 0.2) is 24.4 Å². The molecule has 0 bridgehead atoms. The van der Waals surface area contributed by atoms with Crippen molar-refractivity contribution in [2.75, 3.05) is 6.61 Å². The summed E-state index contributed by atoms with van der Waals surface area (Å²) in [6.07, 6.45) is -2.51. The molecule has 0 saturated carbocycles. The Bertz CT molecular complexity index is 542. The van der Waals surface area contributed by atoms with Crippen molar-refractivity contribution in [1.82, 2.24) is 4.57 Å². The lowest BCUT2D eigenvalue weighted by Crippen LogP contribution is -2.06. The lowest BCUT2D eigenvalue weighted by molar-refractivity contribution is -0.136. The second-order valence-corrected chi connectivity index (χ2v) is 3.94. The molecule has 2 nitrogen and oxygen atoms in total. The predicted molar refractivity (Wildman–Crippen MR) is 58.7 cm³/mol. The van der Waals surface area contributed by atoms with Crippen LogP contribution in [0, 0.1) is 0 Å². The number of nitrogens with zero attached hydrogens (tertiary/aromatic N) is 1. The highest BCUT2D eigenvalue weighted by Gasteiger charge is 2.33. The maximum Gasteiger partial charge on any atom is 0.417 e. The summed E-state index contributed by atoms with van der Waals surface area (Å²) in [4.78, 5) is 0. The van der Waals surface area contributed by atoms with Gasteiger partial charge in [-0.05, 0) is 24.1 Å². The summed E-state index contributed by atoms with van der Waals surface area (Å²) in [5.41, 5.74) is 0.417. The Kier molecular flexibility index (Phi) is 2.87. The van der Waals surface area contributed by atoms with Crippen LogP contribution in [0.1, 0.15) is 11.1 Å². The SMILES string of the molecule is Cn1cc(CCO)c2c(C(F)(F)F)cccc21. The molecule has 0 radical (unpaired) electrons. The summed E-state index contributed by atoms with van der Waals surface area (Å²) in [5.74, 6) is 0. The third-order valence-corrected chi connectivity index (χ3v) is 2.78. The van der Waals surface area contributed by atoms with E-state index in [0.29, 0.717) is 11.1 Å². The fourth-order valence-electron chi connectivity index (χ4n) is 2.09. The molecule has 5 heteroatoms. The quantitative estimate of drug-likeness (QED) is 0.862. The standard InChI is InChI=1S/C12H12F3NO/c1-16-7-8(5-6-17)11-9(12(13,14)15)3-2-4-10(11)16/h2-4,7,17H,5-6H2,1H3. The monoisotopic (exact) mass is 243 g/mol. The molecule has 17 heavy (non-hydrogen) atoms. The molecule has 0 aliphatic carbocycles. The number of halogens is 3. The van der Waals surface area contributed by atoms with E-state index in [-0.39, 0.29) is 18.4 Å². The van der Waals surface area contributed by atoms with E-state index in [0.717, 1.165) is 6.07 Å². The van der Waals surface area contributed by atoms with E-state index in [4.69, 9.17) is 5.11 Å². The maximum atomic E-state index is 12.9. The molecular formula is C12H12F3NO. The first kappa shape index (κ1) is 12.0. The number of aliphatic hydroxyl groups is 1. The Morgan fingerprint density at radius 1 is 1.29 bits per heavy atom. The third-order valence-electron chi connectivity index (χ3n) is 2.78. The van der Waals surface area contributed by atoms with Gasteiger partial charge in [-0.3, -0.25) is 0 Å². The molecule has 0 aliphatic rings. The zero-order chi connectivity index (χ0) is 12.6. The molecule has 0 saturated heterocycles. The molecular weight excluding hydrogens is 231 g/mol. The number of alkyl halides is 3. The van der Waals surface area contributed by atoms with Gasteiger partial charge in [0.1, 0.15) is 0 Å². The van der Waals surface area contributed by atoms with Gasteiger partial charge in [0.2, 0.25) is 0 Å². The van der Waals surface area contributed by atoms with E-state index in [1.54, 1.807) is 23.9 Å². The summed E-state index contributed by atoms with van der Waals surface area (Å²) in [6.45, 7) is -0.161. The fourth-order valence-corrected chi connectivity index (χ4v) is 2.09. The summed E-state index contributed by atoms with van der Waals surface area (Å²) in [6, 6.07) is 4.11. The Hall–Kier alpha value is -1.49. The first-order chi connectivity index (χ1) is 7.95. The Balaban J connectivity index is 2.76. The van der Waals surface area contributed by atoms with Crippen molar-refractivity contribution in [3.05, 3.63) is 35.5 Å². The fraction of sp³-hybridized carbons (Fsp3) is 0.333. The molecule has 1 aromatic heterocycles. The van der Waals surface area contributed by atoms with E-state index in [9.17, 15) is 13.2 Å². The number of hydrogen-bond acceptors (Lipinski definition) is 1. The van der Waals surface area contributed by atoms with E-state index in [1.165, 1.54) is 6.07 Å². The average molecular weight is 243 g/mol. The molecule has 0 atom stereocenters. The number of fused-ring (bicyclic) bond motifs is 1. The average Bonchev–Trinajstić information content (AvgIpc) is 2.55. The highest BCUT2D eigenvalue weighted by molar-refractivity contribution is 5.87. The minimum absolute atomic E-state index is 0.161. The zero-order valence-electron chi connectivity index (χ0n) is 9.25. The lowest BCUT2D eigenvalue weighted by atomic mass is 10.0. The molecule has 2 rings (SSSR count). The van der Waals surface area contributed by atoms with Gasteiger partial charge in [0.15, 0.2) is 0 Å². The lowest BCUT2D eigenvalue weighted by Gasteiger charge is -2.09. The number of aliphatic hydroxyl groups excluding tert-OH is 1. The second-order valence-electron chi connectivity index (χ2n) is 3.94. The predicted octanol–water partition coefficient (Wildman–Crippen LogP) is 2.73. The Labute approximate surface area is 96.3 Å². The molecule has 0 spiro atoms. The molecule has 2 aromatic rings. The van der Waals surface area contributed by atoms with Crippen LogP contribution in [-0.2, 0) is 19.6 Å². The second kappa shape index (κ2) is 4.07. The summed E-state index contributed by atoms with van der Waals surface area (Å²) in [7, 11) is 1.70. The van der Waals surface area contributed by atoms with Gasteiger partial charge in [0.05, 0.1) is 5.56 Å². The van der Waals surface area contributed by atoms with Gasteiger partial charge >= 0.3 is 6.18 Å². The van der Waals surface area contributed by atoms with Gasteiger partial charge in [-0.2, -0.15) is 13.2 Å². The summed E-state index contributed by atoms with van der Waals surface area (Å²) < 4.78 is 40.3. The van der Waals surface area contributed by atoms with Crippen LogP contribution in [0.25, 0.3) is 10.9 Å². The van der Waals surface area contributed by atoms with E-state index < -0.39 is 11.7 Å². The third kappa shape index (κ3) is 2.02. The number of aryl methyl sites for hydroxylation is 1. The van der Waals surface area contributed by atoms with Crippen LogP contribution in [0.2, 0.25) is 0 Å². The summed E-state index contributed by atoms with van der Waals surface area (Å²) in [5, 5.41) is 9.08. The van der Waals surface area contributed by atoms with Crippen molar-refractivity contribution in [3.63, 3.8) is 0 Å². The Morgan fingerprint density at radius 3 is 2.59 bits per heavy atom. The van der Waals surface area contributed by atoms with Crippen molar-refractivity contribution >= 4 is 10.9 Å². The van der Waals surface area contributed by atoms with Crippen LogP contribution in [0.5, 0.6) is 0 Å². The molecule has 1 N–H and O–H groups in total. The van der Waals surface area contributed by atoms with Gasteiger partial charge in [-0.1, -0.05) is 6.07 Å².